The smallest absolute Gasteiger partial charge is 0.267 e. The standard InChI is InChI=1S/C14H12N2O2/c1-9-10(2)15-13(17)8-12(16(15)14(9)18)11-6-4-3-5-7-11/h3-8H,1-2H3. The summed E-state index contributed by atoms with van der Waals surface area (Å²) in [5.74, 6) is 0. The zero-order chi connectivity index (χ0) is 12.9. The second-order valence-electron chi connectivity index (χ2n) is 4.37. The van der Waals surface area contributed by atoms with E-state index in [9.17, 15) is 9.59 Å². The Bertz CT molecular complexity index is 828. The monoisotopic (exact) mass is 240 g/mol. The molecule has 0 saturated heterocycles. The summed E-state index contributed by atoms with van der Waals surface area (Å²) < 4.78 is 2.88. The number of rotatable bonds is 1. The number of fused-ring (bicyclic) bond motifs is 1. The molecule has 18 heavy (non-hydrogen) atoms. The molecular formula is C14H12N2O2. The second-order valence-corrected chi connectivity index (χ2v) is 4.37. The van der Waals surface area contributed by atoms with Gasteiger partial charge in [0.05, 0.1) is 5.69 Å². The van der Waals surface area contributed by atoms with Crippen molar-refractivity contribution in [2.24, 2.45) is 0 Å². The Hall–Kier alpha value is -2.36. The maximum absolute atomic E-state index is 12.2. The lowest BCUT2D eigenvalue weighted by Crippen LogP contribution is -2.15. The van der Waals surface area contributed by atoms with Gasteiger partial charge in [-0.1, -0.05) is 30.3 Å². The number of aromatic nitrogens is 2. The quantitative estimate of drug-likeness (QED) is 0.646. The summed E-state index contributed by atoms with van der Waals surface area (Å²) in [7, 11) is 0. The van der Waals surface area contributed by atoms with Gasteiger partial charge in [-0.3, -0.25) is 9.59 Å². The molecule has 1 aromatic carbocycles. The molecule has 0 bridgehead atoms. The van der Waals surface area contributed by atoms with Gasteiger partial charge in [0.25, 0.3) is 11.1 Å². The minimum Gasteiger partial charge on any atom is -0.267 e. The maximum Gasteiger partial charge on any atom is 0.275 e. The Morgan fingerprint density at radius 3 is 2.28 bits per heavy atom. The first-order valence-corrected chi connectivity index (χ1v) is 5.74. The summed E-state index contributed by atoms with van der Waals surface area (Å²) in [5, 5.41) is 0. The fourth-order valence-corrected chi connectivity index (χ4v) is 2.25. The molecular weight excluding hydrogens is 228 g/mol. The predicted molar refractivity (Wildman–Crippen MR) is 69.5 cm³/mol. The summed E-state index contributed by atoms with van der Waals surface area (Å²) in [5.41, 5.74) is 2.52. The van der Waals surface area contributed by atoms with Crippen molar-refractivity contribution in [1.82, 2.24) is 9.03 Å². The molecule has 2 heterocycles. The third kappa shape index (κ3) is 1.26. The highest BCUT2D eigenvalue weighted by Gasteiger charge is 2.16. The lowest BCUT2D eigenvalue weighted by Gasteiger charge is -1.98. The number of aryl methyl sites for hydroxylation is 1. The van der Waals surface area contributed by atoms with Gasteiger partial charge >= 0.3 is 0 Å². The molecule has 3 rings (SSSR count). The topological polar surface area (TPSA) is 43.0 Å². The van der Waals surface area contributed by atoms with Crippen LogP contribution in [0.5, 0.6) is 0 Å². The molecule has 0 amide bonds. The van der Waals surface area contributed by atoms with Gasteiger partial charge in [-0.15, -0.1) is 0 Å². The van der Waals surface area contributed by atoms with Gasteiger partial charge in [-0.05, 0) is 13.8 Å². The van der Waals surface area contributed by atoms with Crippen molar-refractivity contribution < 1.29 is 0 Å². The van der Waals surface area contributed by atoms with E-state index in [-0.39, 0.29) is 11.1 Å². The van der Waals surface area contributed by atoms with Crippen LogP contribution in [0.3, 0.4) is 0 Å². The van der Waals surface area contributed by atoms with E-state index in [2.05, 4.69) is 0 Å². The number of hydrogen-bond acceptors (Lipinski definition) is 2. The number of nitrogens with zero attached hydrogens (tertiary/aromatic N) is 2. The van der Waals surface area contributed by atoms with Crippen molar-refractivity contribution in [3.63, 3.8) is 0 Å². The van der Waals surface area contributed by atoms with Crippen LogP contribution in [0.2, 0.25) is 0 Å². The second kappa shape index (κ2) is 3.57. The third-order valence-electron chi connectivity index (χ3n) is 3.34. The van der Waals surface area contributed by atoms with Crippen molar-refractivity contribution >= 4 is 0 Å². The fraction of sp³-hybridized carbons (Fsp3) is 0.143. The molecule has 0 fully saturated rings. The van der Waals surface area contributed by atoms with Crippen molar-refractivity contribution in [3.8, 4) is 11.3 Å². The van der Waals surface area contributed by atoms with Crippen LogP contribution in [0.1, 0.15) is 11.3 Å². The first kappa shape index (κ1) is 10.8. The molecule has 0 spiro atoms. The van der Waals surface area contributed by atoms with Crippen LogP contribution in [0.15, 0.2) is 46.0 Å². The van der Waals surface area contributed by atoms with Gasteiger partial charge in [0.1, 0.15) is 0 Å². The van der Waals surface area contributed by atoms with Gasteiger partial charge in [0, 0.05) is 22.9 Å². The van der Waals surface area contributed by atoms with Crippen LogP contribution in [0, 0.1) is 13.8 Å². The van der Waals surface area contributed by atoms with Crippen LogP contribution >= 0.6 is 0 Å². The molecule has 0 atom stereocenters. The van der Waals surface area contributed by atoms with E-state index >= 15 is 0 Å². The van der Waals surface area contributed by atoms with Crippen molar-refractivity contribution in [2.75, 3.05) is 0 Å². The highest BCUT2D eigenvalue weighted by Crippen LogP contribution is 2.17. The molecule has 0 saturated carbocycles. The minimum atomic E-state index is -0.170. The average Bonchev–Trinajstić information content (AvgIpc) is 2.84. The lowest BCUT2D eigenvalue weighted by atomic mass is 10.1. The Kier molecular flexibility index (Phi) is 2.13. The molecule has 0 N–H and O–H groups in total. The van der Waals surface area contributed by atoms with E-state index in [0.29, 0.717) is 17.0 Å². The average molecular weight is 240 g/mol. The van der Waals surface area contributed by atoms with E-state index in [1.165, 1.54) is 15.1 Å². The Morgan fingerprint density at radius 1 is 0.944 bits per heavy atom. The van der Waals surface area contributed by atoms with Gasteiger partial charge in [0.15, 0.2) is 0 Å². The maximum atomic E-state index is 12.2. The van der Waals surface area contributed by atoms with E-state index in [1.54, 1.807) is 13.8 Å². The van der Waals surface area contributed by atoms with Gasteiger partial charge in [-0.2, -0.15) is 0 Å². The van der Waals surface area contributed by atoms with Crippen molar-refractivity contribution in [3.05, 3.63) is 68.4 Å². The minimum absolute atomic E-state index is 0.131. The van der Waals surface area contributed by atoms with Crippen LogP contribution in [0.25, 0.3) is 11.3 Å². The van der Waals surface area contributed by atoms with E-state index in [1.807, 2.05) is 30.3 Å². The van der Waals surface area contributed by atoms with Crippen LogP contribution in [-0.4, -0.2) is 9.03 Å². The lowest BCUT2D eigenvalue weighted by molar-refractivity contribution is 0.791. The third-order valence-corrected chi connectivity index (χ3v) is 3.34. The molecule has 4 heteroatoms. The van der Waals surface area contributed by atoms with Crippen LogP contribution in [-0.2, 0) is 0 Å². The van der Waals surface area contributed by atoms with Crippen molar-refractivity contribution in [1.29, 1.82) is 0 Å². The molecule has 3 aromatic rings. The summed E-state index contributed by atoms with van der Waals surface area (Å²) in [6.45, 7) is 3.53. The molecule has 0 unspecified atom stereocenters. The normalized spacial score (nSPS) is 11.2. The highest BCUT2D eigenvalue weighted by atomic mass is 16.2. The molecule has 0 radical (unpaired) electrons. The largest absolute Gasteiger partial charge is 0.275 e. The van der Waals surface area contributed by atoms with Gasteiger partial charge < -0.3 is 0 Å². The van der Waals surface area contributed by atoms with Crippen LogP contribution in [0.4, 0.5) is 0 Å². The summed E-state index contributed by atoms with van der Waals surface area (Å²) in [4.78, 5) is 24.1. The zero-order valence-corrected chi connectivity index (χ0v) is 10.2. The summed E-state index contributed by atoms with van der Waals surface area (Å²) >= 11 is 0. The molecule has 0 aliphatic rings. The first-order chi connectivity index (χ1) is 8.61. The Labute approximate surface area is 103 Å². The van der Waals surface area contributed by atoms with Gasteiger partial charge in [-0.25, -0.2) is 9.03 Å². The highest BCUT2D eigenvalue weighted by molar-refractivity contribution is 5.59. The molecule has 90 valence electrons. The predicted octanol–water partition coefficient (Wildman–Crippen LogP) is 1.48. The Balaban J connectivity index is 2.50. The van der Waals surface area contributed by atoms with Crippen molar-refractivity contribution in [2.45, 2.75) is 13.8 Å². The zero-order valence-electron chi connectivity index (χ0n) is 10.2. The van der Waals surface area contributed by atoms with E-state index < -0.39 is 0 Å². The van der Waals surface area contributed by atoms with E-state index in [0.717, 1.165) is 5.56 Å². The SMILES string of the molecule is Cc1c(C)n2c(=O)cc(-c3ccccc3)n2c1=O. The molecule has 0 aliphatic carbocycles. The van der Waals surface area contributed by atoms with Gasteiger partial charge in [0.2, 0.25) is 0 Å². The molecule has 2 aromatic heterocycles. The van der Waals surface area contributed by atoms with Crippen LogP contribution < -0.4 is 11.1 Å². The first-order valence-electron chi connectivity index (χ1n) is 5.74. The fourth-order valence-electron chi connectivity index (χ4n) is 2.25. The summed E-state index contributed by atoms with van der Waals surface area (Å²) in [6, 6.07) is 11.0. The number of benzene rings is 1. The molecule has 4 nitrogen and oxygen atoms in total. The molecule has 0 aliphatic heterocycles. The summed E-state index contributed by atoms with van der Waals surface area (Å²) in [6.07, 6.45) is 0. The number of hydrogen-bond donors (Lipinski definition) is 0. The van der Waals surface area contributed by atoms with E-state index in [4.69, 9.17) is 0 Å². The Morgan fingerprint density at radius 2 is 1.61 bits per heavy atom.